The molecule has 1 unspecified atom stereocenters. The molecule has 0 bridgehead atoms. The van der Waals surface area contributed by atoms with E-state index in [1.165, 1.54) is 12.1 Å². The van der Waals surface area contributed by atoms with Crippen LogP contribution in [0.4, 0.5) is 11.4 Å². The SMILES string of the molecule is CCC(C)c1ccccc1NC(=O)COc1ccccc1[N+](=O)[O-]. The number of amides is 1. The lowest BCUT2D eigenvalue weighted by molar-refractivity contribution is -0.385. The fraction of sp³-hybridized carbons (Fsp3) is 0.278. The van der Waals surface area contributed by atoms with Crippen molar-refractivity contribution in [2.24, 2.45) is 0 Å². The zero-order chi connectivity index (χ0) is 17.5. The van der Waals surface area contributed by atoms with Crippen molar-refractivity contribution in [3.63, 3.8) is 0 Å². The number of carbonyl (C=O) groups is 1. The van der Waals surface area contributed by atoms with E-state index in [-0.39, 0.29) is 24.0 Å². The molecule has 126 valence electrons. The first-order valence-electron chi connectivity index (χ1n) is 7.78. The second-order valence-corrected chi connectivity index (χ2v) is 5.46. The van der Waals surface area contributed by atoms with E-state index in [9.17, 15) is 14.9 Å². The molecule has 2 rings (SSSR count). The number of nitro groups is 1. The quantitative estimate of drug-likeness (QED) is 0.612. The van der Waals surface area contributed by atoms with E-state index >= 15 is 0 Å². The van der Waals surface area contributed by atoms with Crippen LogP contribution in [-0.4, -0.2) is 17.4 Å². The fourth-order valence-electron chi connectivity index (χ4n) is 2.32. The number of anilines is 1. The average Bonchev–Trinajstić information content (AvgIpc) is 2.60. The van der Waals surface area contributed by atoms with Gasteiger partial charge in [0.2, 0.25) is 0 Å². The molecule has 0 saturated carbocycles. The summed E-state index contributed by atoms with van der Waals surface area (Å²) < 4.78 is 5.31. The molecule has 0 aliphatic carbocycles. The highest BCUT2D eigenvalue weighted by atomic mass is 16.6. The molecule has 0 aliphatic rings. The molecule has 0 saturated heterocycles. The van der Waals surface area contributed by atoms with Crippen LogP contribution in [0.1, 0.15) is 31.7 Å². The number of nitro benzene ring substituents is 1. The van der Waals surface area contributed by atoms with Crippen LogP contribution in [0.2, 0.25) is 0 Å². The van der Waals surface area contributed by atoms with Crippen LogP contribution in [0.5, 0.6) is 5.75 Å². The number of nitrogens with zero attached hydrogens (tertiary/aromatic N) is 1. The van der Waals surface area contributed by atoms with Crippen LogP contribution < -0.4 is 10.1 Å². The molecule has 1 N–H and O–H groups in total. The molecule has 0 aromatic heterocycles. The summed E-state index contributed by atoms with van der Waals surface area (Å²) in [5.41, 5.74) is 1.63. The Bertz CT molecular complexity index is 730. The van der Waals surface area contributed by atoms with Gasteiger partial charge in [-0.2, -0.15) is 0 Å². The summed E-state index contributed by atoms with van der Waals surface area (Å²) >= 11 is 0. The Hall–Kier alpha value is -2.89. The minimum absolute atomic E-state index is 0.0767. The molecule has 0 spiro atoms. The van der Waals surface area contributed by atoms with Crippen molar-refractivity contribution in [3.8, 4) is 5.75 Å². The van der Waals surface area contributed by atoms with E-state index in [0.29, 0.717) is 5.92 Å². The van der Waals surface area contributed by atoms with E-state index in [4.69, 9.17) is 4.74 Å². The number of benzene rings is 2. The molecule has 0 heterocycles. The van der Waals surface area contributed by atoms with Crippen molar-refractivity contribution in [1.29, 1.82) is 0 Å². The van der Waals surface area contributed by atoms with Gasteiger partial charge in [-0.3, -0.25) is 14.9 Å². The fourth-order valence-corrected chi connectivity index (χ4v) is 2.32. The van der Waals surface area contributed by atoms with Gasteiger partial charge < -0.3 is 10.1 Å². The van der Waals surface area contributed by atoms with Crippen LogP contribution in [0, 0.1) is 10.1 Å². The third-order valence-electron chi connectivity index (χ3n) is 3.80. The molecule has 1 atom stereocenters. The van der Waals surface area contributed by atoms with Crippen LogP contribution >= 0.6 is 0 Å². The average molecular weight is 328 g/mol. The van der Waals surface area contributed by atoms with Gasteiger partial charge in [-0.15, -0.1) is 0 Å². The highest BCUT2D eigenvalue weighted by Crippen LogP contribution is 2.27. The van der Waals surface area contributed by atoms with Crippen LogP contribution in [0.15, 0.2) is 48.5 Å². The lowest BCUT2D eigenvalue weighted by Gasteiger charge is -2.15. The largest absolute Gasteiger partial charge is 0.477 e. The number of para-hydroxylation sites is 3. The molecule has 0 radical (unpaired) electrons. The van der Waals surface area contributed by atoms with Crippen LogP contribution in [0.3, 0.4) is 0 Å². The van der Waals surface area contributed by atoms with Gasteiger partial charge in [0.15, 0.2) is 12.4 Å². The molecule has 0 aliphatic heterocycles. The Kier molecular flexibility index (Phi) is 5.89. The maximum atomic E-state index is 12.1. The molecule has 1 amide bonds. The predicted octanol–water partition coefficient (Wildman–Crippen LogP) is 4.13. The molecule has 2 aromatic rings. The molecule has 6 heteroatoms. The van der Waals surface area contributed by atoms with Crippen LogP contribution in [-0.2, 0) is 4.79 Å². The second kappa shape index (κ2) is 8.10. The van der Waals surface area contributed by atoms with Gasteiger partial charge in [0.25, 0.3) is 5.91 Å². The van der Waals surface area contributed by atoms with Crippen molar-refractivity contribution in [3.05, 3.63) is 64.2 Å². The maximum absolute atomic E-state index is 12.1. The Morgan fingerprint density at radius 1 is 1.21 bits per heavy atom. The number of hydrogen-bond acceptors (Lipinski definition) is 4. The lowest BCUT2D eigenvalue weighted by atomic mass is 9.97. The van der Waals surface area contributed by atoms with Gasteiger partial charge in [-0.1, -0.05) is 44.2 Å². The third kappa shape index (κ3) is 4.32. The van der Waals surface area contributed by atoms with Gasteiger partial charge in [0.05, 0.1) is 4.92 Å². The van der Waals surface area contributed by atoms with Crippen molar-refractivity contribution in [2.45, 2.75) is 26.2 Å². The summed E-state index contributed by atoms with van der Waals surface area (Å²) in [5.74, 6) is 0.0365. The first-order valence-corrected chi connectivity index (χ1v) is 7.78. The Morgan fingerprint density at radius 2 is 1.88 bits per heavy atom. The van der Waals surface area contributed by atoms with E-state index in [1.807, 2.05) is 24.3 Å². The zero-order valence-electron chi connectivity index (χ0n) is 13.7. The number of rotatable bonds is 7. The normalized spacial score (nSPS) is 11.6. The van der Waals surface area contributed by atoms with E-state index in [2.05, 4.69) is 19.2 Å². The van der Waals surface area contributed by atoms with E-state index < -0.39 is 4.92 Å². The standard InChI is InChI=1S/C18H20N2O4/c1-3-13(2)14-8-4-5-9-15(14)19-18(21)12-24-17-11-7-6-10-16(17)20(22)23/h4-11,13H,3,12H2,1-2H3,(H,19,21). The Balaban J connectivity index is 2.04. The van der Waals surface area contributed by atoms with Gasteiger partial charge in [0, 0.05) is 11.8 Å². The summed E-state index contributed by atoms with van der Waals surface area (Å²) in [6.07, 6.45) is 0.958. The molecular formula is C18H20N2O4. The second-order valence-electron chi connectivity index (χ2n) is 5.46. The molecule has 2 aromatic carbocycles. The summed E-state index contributed by atoms with van der Waals surface area (Å²) in [5, 5.41) is 13.7. The monoisotopic (exact) mass is 328 g/mol. The van der Waals surface area contributed by atoms with Crippen molar-refractivity contribution in [1.82, 2.24) is 0 Å². The number of ether oxygens (including phenoxy) is 1. The molecule has 24 heavy (non-hydrogen) atoms. The molecule has 6 nitrogen and oxygen atoms in total. The number of carbonyl (C=O) groups excluding carboxylic acids is 1. The van der Waals surface area contributed by atoms with Crippen molar-refractivity contribution < 1.29 is 14.5 Å². The first kappa shape index (κ1) is 17.5. The van der Waals surface area contributed by atoms with Gasteiger partial charge >= 0.3 is 5.69 Å². The maximum Gasteiger partial charge on any atom is 0.310 e. The number of hydrogen-bond donors (Lipinski definition) is 1. The zero-order valence-corrected chi connectivity index (χ0v) is 13.7. The predicted molar refractivity (Wildman–Crippen MR) is 92.4 cm³/mol. The minimum Gasteiger partial charge on any atom is -0.477 e. The smallest absolute Gasteiger partial charge is 0.310 e. The third-order valence-corrected chi connectivity index (χ3v) is 3.80. The lowest BCUT2D eigenvalue weighted by Crippen LogP contribution is -2.21. The Morgan fingerprint density at radius 3 is 2.58 bits per heavy atom. The molecule has 0 fully saturated rings. The topological polar surface area (TPSA) is 81.5 Å². The van der Waals surface area contributed by atoms with Crippen molar-refractivity contribution in [2.75, 3.05) is 11.9 Å². The van der Waals surface area contributed by atoms with Crippen molar-refractivity contribution >= 4 is 17.3 Å². The summed E-state index contributed by atoms with van der Waals surface area (Å²) in [4.78, 5) is 22.5. The Labute approximate surface area is 140 Å². The summed E-state index contributed by atoms with van der Waals surface area (Å²) in [7, 11) is 0. The van der Waals surface area contributed by atoms with Gasteiger partial charge in [-0.25, -0.2) is 0 Å². The van der Waals surface area contributed by atoms with Crippen LogP contribution in [0.25, 0.3) is 0 Å². The molecular weight excluding hydrogens is 308 g/mol. The first-order chi connectivity index (χ1) is 11.5. The highest BCUT2D eigenvalue weighted by molar-refractivity contribution is 5.92. The van der Waals surface area contributed by atoms with E-state index in [1.54, 1.807) is 12.1 Å². The summed E-state index contributed by atoms with van der Waals surface area (Å²) in [6, 6.07) is 13.6. The van der Waals surface area contributed by atoms with Gasteiger partial charge in [0.1, 0.15) is 0 Å². The minimum atomic E-state index is -0.536. The van der Waals surface area contributed by atoms with Gasteiger partial charge in [-0.05, 0) is 30.0 Å². The summed E-state index contributed by atoms with van der Waals surface area (Å²) in [6.45, 7) is 3.88. The number of nitrogens with one attached hydrogen (secondary N) is 1. The van der Waals surface area contributed by atoms with E-state index in [0.717, 1.165) is 17.7 Å². The highest BCUT2D eigenvalue weighted by Gasteiger charge is 2.16.